The first-order valence-electron chi connectivity index (χ1n) is 10.9. The van der Waals surface area contributed by atoms with Gasteiger partial charge in [-0.1, -0.05) is 23.7 Å². The minimum atomic E-state index is -0.486. The van der Waals surface area contributed by atoms with Crippen molar-refractivity contribution in [2.45, 2.75) is 6.04 Å². The summed E-state index contributed by atoms with van der Waals surface area (Å²) in [6.45, 7) is -0.199. The number of rotatable bonds is 9. The summed E-state index contributed by atoms with van der Waals surface area (Å²) < 4.78 is 12.8. The molecule has 0 radical (unpaired) electrons. The number of benzene rings is 3. The van der Waals surface area contributed by atoms with Crippen LogP contribution in [0.5, 0.6) is 11.5 Å². The van der Waals surface area contributed by atoms with E-state index in [1.807, 2.05) is 42.1 Å². The Morgan fingerprint density at radius 3 is 2.31 bits per heavy atom. The molecule has 7 nitrogen and oxygen atoms in total. The number of amides is 1. The molecule has 35 heavy (non-hydrogen) atoms. The van der Waals surface area contributed by atoms with Gasteiger partial charge in [0, 0.05) is 35.6 Å². The number of imidazole rings is 1. The monoisotopic (exact) mass is 489 g/mol. The molecule has 3 aromatic carbocycles. The molecule has 0 aliphatic carbocycles. The van der Waals surface area contributed by atoms with Crippen LogP contribution in [0, 0.1) is 0 Å². The van der Waals surface area contributed by atoms with Crippen molar-refractivity contribution in [3.05, 3.63) is 113 Å². The zero-order valence-corrected chi connectivity index (χ0v) is 20.0. The number of aromatic nitrogens is 2. The van der Waals surface area contributed by atoms with E-state index in [0.29, 0.717) is 33.5 Å². The molecular formula is C27H24ClN3O4. The summed E-state index contributed by atoms with van der Waals surface area (Å²) in [5, 5.41) is 3.56. The lowest BCUT2D eigenvalue weighted by Crippen LogP contribution is -2.34. The first-order chi connectivity index (χ1) is 16.9. The van der Waals surface area contributed by atoms with Crippen LogP contribution in [-0.4, -0.2) is 35.0 Å². The van der Waals surface area contributed by atoms with Gasteiger partial charge in [-0.25, -0.2) is 4.98 Å². The van der Waals surface area contributed by atoms with E-state index in [-0.39, 0.29) is 18.3 Å². The molecule has 4 rings (SSSR count). The Labute approximate surface area is 208 Å². The normalized spacial score (nSPS) is 11.5. The van der Waals surface area contributed by atoms with Gasteiger partial charge in [0.2, 0.25) is 0 Å². The summed E-state index contributed by atoms with van der Waals surface area (Å²) in [5.41, 5.74) is 1.88. The number of carbonyl (C=O) groups is 2. The lowest BCUT2D eigenvalue weighted by atomic mass is 10.0. The second kappa shape index (κ2) is 10.9. The standard InChI is InChI=1S/C27H24ClN3O4/c1-31-15-14-29-27(31)25(20-4-3-5-23(16-20)34-2)30-24(32)17-35-22-12-8-19(9-13-22)26(33)18-6-10-21(28)11-7-18/h3-16,25H,17H2,1-2H3,(H,30,32). The van der Waals surface area contributed by atoms with Gasteiger partial charge < -0.3 is 19.4 Å². The third-order valence-corrected chi connectivity index (χ3v) is 5.69. The van der Waals surface area contributed by atoms with E-state index in [9.17, 15) is 9.59 Å². The SMILES string of the molecule is COc1cccc(C(NC(=O)COc2ccc(C(=O)c3ccc(Cl)cc3)cc2)c2nccn2C)c1. The number of nitrogens with zero attached hydrogens (tertiary/aromatic N) is 2. The van der Waals surface area contributed by atoms with Gasteiger partial charge in [0.25, 0.3) is 5.91 Å². The van der Waals surface area contributed by atoms with E-state index in [0.717, 1.165) is 5.56 Å². The van der Waals surface area contributed by atoms with Crippen LogP contribution in [0.3, 0.4) is 0 Å². The number of hydrogen-bond acceptors (Lipinski definition) is 5. The predicted molar refractivity (Wildman–Crippen MR) is 133 cm³/mol. The van der Waals surface area contributed by atoms with Crippen LogP contribution in [-0.2, 0) is 11.8 Å². The number of aryl methyl sites for hydroxylation is 1. The van der Waals surface area contributed by atoms with E-state index >= 15 is 0 Å². The fourth-order valence-corrected chi connectivity index (χ4v) is 3.72. The zero-order chi connectivity index (χ0) is 24.8. The van der Waals surface area contributed by atoms with Crippen molar-refractivity contribution >= 4 is 23.3 Å². The topological polar surface area (TPSA) is 82.4 Å². The fraction of sp³-hybridized carbons (Fsp3) is 0.148. The number of ether oxygens (including phenoxy) is 2. The summed E-state index contributed by atoms with van der Waals surface area (Å²) in [6, 6.07) is 20.3. The van der Waals surface area contributed by atoms with Crippen LogP contribution in [0.25, 0.3) is 0 Å². The van der Waals surface area contributed by atoms with E-state index in [1.165, 1.54) is 0 Å². The van der Waals surface area contributed by atoms with Crippen LogP contribution in [0.2, 0.25) is 5.02 Å². The van der Waals surface area contributed by atoms with Crippen molar-refractivity contribution in [1.29, 1.82) is 0 Å². The van der Waals surface area contributed by atoms with Gasteiger partial charge >= 0.3 is 0 Å². The molecule has 1 N–H and O–H groups in total. The van der Waals surface area contributed by atoms with Crippen molar-refractivity contribution in [3.8, 4) is 11.5 Å². The van der Waals surface area contributed by atoms with Gasteiger partial charge in [-0.15, -0.1) is 0 Å². The van der Waals surface area contributed by atoms with Crippen LogP contribution >= 0.6 is 11.6 Å². The smallest absolute Gasteiger partial charge is 0.258 e. The molecule has 178 valence electrons. The van der Waals surface area contributed by atoms with Crippen molar-refractivity contribution in [2.24, 2.45) is 7.05 Å². The number of nitrogens with one attached hydrogen (secondary N) is 1. The third-order valence-electron chi connectivity index (χ3n) is 5.44. The molecule has 8 heteroatoms. The molecule has 1 aromatic heterocycles. The van der Waals surface area contributed by atoms with Gasteiger partial charge in [-0.05, 0) is 66.2 Å². The Kier molecular flexibility index (Phi) is 7.48. The fourth-order valence-electron chi connectivity index (χ4n) is 3.60. The van der Waals surface area contributed by atoms with Crippen LogP contribution in [0.1, 0.15) is 33.4 Å². The summed E-state index contributed by atoms with van der Waals surface area (Å²) in [6.07, 6.45) is 3.50. The number of halogens is 1. The van der Waals surface area contributed by atoms with Crippen LogP contribution < -0.4 is 14.8 Å². The molecule has 0 spiro atoms. The molecule has 0 fully saturated rings. The Hall–Kier alpha value is -4.10. The van der Waals surface area contributed by atoms with Gasteiger partial charge in [-0.3, -0.25) is 9.59 Å². The van der Waals surface area contributed by atoms with Gasteiger partial charge in [0.15, 0.2) is 12.4 Å². The number of methoxy groups -OCH3 is 1. The molecule has 1 amide bonds. The summed E-state index contributed by atoms with van der Waals surface area (Å²) >= 11 is 5.89. The van der Waals surface area contributed by atoms with E-state index in [4.69, 9.17) is 21.1 Å². The highest BCUT2D eigenvalue weighted by Gasteiger charge is 2.21. The quantitative estimate of drug-likeness (QED) is 0.347. The van der Waals surface area contributed by atoms with E-state index in [1.54, 1.807) is 61.8 Å². The van der Waals surface area contributed by atoms with Crippen molar-refractivity contribution < 1.29 is 19.1 Å². The summed E-state index contributed by atoms with van der Waals surface area (Å²) in [5.74, 6) is 1.39. The summed E-state index contributed by atoms with van der Waals surface area (Å²) in [7, 11) is 3.46. The maximum absolute atomic E-state index is 12.8. The van der Waals surface area contributed by atoms with Crippen LogP contribution in [0.4, 0.5) is 0 Å². The third kappa shape index (κ3) is 5.88. The van der Waals surface area contributed by atoms with E-state index < -0.39 is 6.04 Å². The first kappa shape index (κ1) is 24.0. The molecule has 4 aromatic rings. The molecule has 1 atom stereocenters. The molecule has 0 saturated carbocycles. The molecular weight excluding hydrogens is 466 g/mol. The number of ketones is 1. The Morgan fingerprint density at radius 1 is 1.00 bits per heavy atom. The highest BCUT2D eigenvalue weighted by molar-refractivity contribution is 6.30. The molecule has 1 heterocycles. The first-order valence-corrected chi connectivity index (χ1v) is 11.3. The van der Waals surface area contributed by atoms with Crippen LogP contribution in [0.15, 0.2) is 85.2 Å². The molecule has 0 saturated heterocycles. The lowest BCUT2D eigenvalue weighted by Gasteiger charge is -2.20. The Balaban J connectivity index is 1.41. The average Bonchev–Trinajstić information content (AvgIpc) is 3.31. The van der Waals surface area contributed by atoms with Gasteiger partial charge in [-0.2, -0.15) is 0 Å². The maximum Gasteiger partial charge on any atom is 0.258 e. The Bertz CT molecular complexity index is 1320. The second-order valence-electron chi connectivity index (χ2n) is 7.82. The number of carbonyl (C=O) groups excluding carboxylic acids is 2. The average molecular weight is 490 g/mol. The molecule has 1 unspecified atom stereocenters. The lowest BCUT2D eigenvalue weighted by molar-refractivity contribution is -0.123. The van der Waals surface area contributed by atoms with Crippen molar-refractivity contribution in [3.63, 3.8) is 0 Å². The predicted octanol–water partition coefficient (Wildman–Crippen LogP) is 4.60. The number of hydrogen-bond donors (Lipinski definition) is 1. The Morgan fingerprint density at radius 2 is 1.69 bits per heavy atom. The van der Waals surface area contributed by atoms with Crippen molar-refractivity contribution in [2.75, 3.05) is 13.7 Å². The zero-order valence-electron chi connectivity index (χ0n) is 19.3. The minimum absolute atomic E-state index is 0.123. The van der Waals surface area contributed by atoms with Crippen molar-refractivity contribution in [1.82, 2.24) is 14.9 Å². The van der Waals surface area contributed by atoms with Gasteiger partial charge in [0.1, 0.15) is 23.4 Å². The highest BCUT2D eigenvalue weighted by Crippen LogP contribution is 2.24. The summed E-state index contributed by atoms with van der Waals surface area (Å²) in [4.78, 5) is 29.8. The molecule has 0 aliphatic rings. The molecule has 0 aliphatic heterocycles. The highest BCUT2D eigenvalue weighted by atomic mass is 35.5. The largest absolute Gasteiger partial charge is 0.497 e. The minimum Gasteiger partial charge on any atom is -0.497 e. The second-order valence-corrected chi connectivity index (χ2v) is 8.26. The van der Waals surface area contributed by atoms with Gasteiger partial charge in [0.05, 0.1) is 7.11 Å². The maximum atomic E-state index is 12.8. The van der Waals surface area contributed by atoms with E-state index in [2.05, 4.69) is 10.3 Å². The molecule has 0 bridgehead atoms.